The van der Waals surface area contributed by atoms with E-state index in [1.54, 1.807) is 23.8 Å². The number of rotatable bonds is 6. The number of hydrogen-bond donors (Lipinski definition) is 3. The highest BCUT2D eigenvalue weighted by atomic mass is 16.2. The molecule has 4 rings (SSSR count). The molecule has 9 nitrogen and oxygen atoms in total. The Morgan fingerprint density at radius 2 is 1.76 bits per heavy atom. The van der Waals surface area contributed by atoms with E-state index >= 15 is 0 Å². The first kappa shape index (κ1) is 28.1. The van der Waals surface area contributed by atoms with Crippen molar-refractivity contribution in [1.29, 1.82) is 0 Å². The van der Waals surface area contributed by atoms with Gasteiger partial charge in [0, 0.05) is 20.0 Å². The van der Waals surface area contributed by atoms with Gasteiger partial charge in [-0.3, -0.25) is 19.2 Å². The molecule has 1 aliphatic carbocycles. The van der Waals surface area contributed by atoms with Gasteiger partial charge in [-0.25, -0.2) is 0 Å². The normalized spacial score (nSPS) is 26.3. The van der Waals surface area contributed by atoms with Gasteiger partial charge in [0.05, 0.1) is 30.1 Å². The van der Waals surface area contributed by atoms with Gasteiger partial charge >= 0.3 is 0 Å². The van der Waals surface area contributed by atoms with Crippen LogP contribution in [-0.2, 0) is 25.6 Å². The summed E-state index contributed by atoms with van der Waals surface area (Å²) in [5.74, 6) is -1.19. The Balaban J connectivity index is 1.59. The number of hydrogen-bond acceptors (Lipinski definition) is 5. The van der Waals surface area contributed by atoms with Crippen LogP contribution in [0.5, 0.6) is 0 Å². The van der Waals surface area contributed by atoms with Gasteiger partial charge in [-0.2, -0.15) is 0 Å². The van der Waals surface area contributed by atoms with Crippen LogP contribution in [-0.4, -0.2) is 77.7 Å². The Morgan fingerprint density at radius 3 is 2.42 bits per heavy atom. The lowest BCUT2D eigenvalue weighted by molar-refractivity contribution is -0.142. The van der Waals surface area contributed by atoms with E-state index in [4.69, 9.17) is 0 Å². The Bertz CT molecular complexity index is 1080. The number of likely N-dealkylation sites (N-methyl/N-ethyl adjacent to an activating group) is 1. The average Bonchev–Trinajstić information content (AvgIpc) is 3.46. The fraction of sp³-hybridized carbons (Fsp3) is 0.655. The molecule has 3 N–H and O–H groups in total. The van der Waals surface area contributed by atoms with Crippen LogP contribution in [0.3, 0.4) is 0 Å². The first-order chi connectivity index (χ1) is 17.9. The maximum Gasteiger partial charge on any atom is 0.246 e. The number of benzene rings is 1. The average molecular weight is 526 g/mol. The van der Waals surface area contributed by atoms with Crippen LogP contribution < -0.4 is 16.0 Å². The van der Waals surface area contributed by atoms with Gasteiger partial charge in [0.15, 0.2) is 0 Å². The summed E-state index contributed by atoms with van der Waals surface area (Å²) in [7, 11) is 1.70. The van der Waals surface area contributed by atoms with Crippen molar-refractivity contribution >= 4 is 23.6 Å². The molecule has 208 valence electrons. The molecule has 0 bridgehead atoms. The maximum atomic E-state index is 14.0. The molecule has 3 aliphatic rings. The number of nitrogens with one attached hydrogen (secondary N) is 3. The van der Waals surface area contributed by atoms with Crippen molar-refractivity contribution in [3.8, 4) is 0 Å². The fourth-order valence-corrected chi connectivity index (χ4v) is 6.33. The van der Waals surface area contributed by atoms with E-state index in [-0.39, 0.29) is 42.3 Å². The lowest BCUT2D eigenvalue weighted by Gasteiger charge is -2.37. The molecule has 0 spiro atoms. The number of aryl methyl sites for hydroxylation is 1. The predicted molar refractivity (Wildman–Crippen MR) is 145 cm³/mol. The van der Waals surface area contributed by atoms with E-state index in [2.05, 4.69) is 28.1 Å². The zero-order valence-electron chi connectivity index (χ0n) is 23.5. The third-order valence-electron chi connectivity index (χ3n) is 8.56. The van der Waals surface area contributed by atoms with Crippen molar-refractivity contribution in [2.75, 3.05) is 20.1 Å². The van der Waals surface area contributed by atoms with Gasteiger partial charge in [0.25, 0.3) is 0 Å². The summed E-state index contributed by atoms with van der Waals surface area (Å²) in [6, 6.07) is 6.30. The molecule has 0 aromatic heterocycles. The smallest absolute Gasteiger partial charge is 0.246 e. The summed E-state index contributed by atoms with van der Waals surface area (Å²) >= 11 is 0. The SMILES string of the molecule is CNC(C)C(=O)NC(C(=O)N1CCC2C1C(C(=O)NC1CCCc3ccccc31)CN2C(C)=O)C(C)(C)C. The van der Waals surface area contributed by atoms with Crippen molar-refractivity contribution in [2.45, 2.75) is 90.5 Å². The second kappa shape index (κ2) is 11.0. The largest absolute Gasteiger partial charge is 0.349 e. The molecule has 6 unspecified atom stereocenters. The Morgan fingerprint density at radius 1 is 1.05 bits per heavy atom. The summed E-state index contributed by atoms with van der Waals surface area (Å²) in [5, 5.41) is 9.13. The highest BCUT2D eigenvalue weighted by Crippen LogP contribution is 2.38. The van der Waals surface area contributed by atoms with Gasteiger partial charge in [-0.05, 0) is 56.2 Å². The topological polar surface area (TPSA) is 111 Å². The van der Waals surface area contributed by atoms with Gasteiger partial charge in [-0.15, -0.1) is 0 Å². The van der Waals surface area contributed by atoms with Crippen LogP contribution in [0.15, 0.2) is 24.3 Å². The predicted octanol–water partition coefficient (Wildman–Crippen LogP) is 1.77. The van der Waals surface area contributed by atoms with E-state index in [0.29, 0.717) is 13.0 Å². The molecule has 38 heavy (non-hydrogen) atoms. The lowest BCUT2D eigenvalue weighted by atomic mass is 9.84. The van der Waals surface area contributed by atoms with E-state index < -0.39 is 29.5 Å². The first-order valence-electron chi connectivity index (χ1n) is 13.9. The minimum absolute atomic E-state index is 0.0764. The minimum atomic E-state index is -0.759. The molecule has 2 heterocycles. The van der Waals surface area contributed by atoms with Crippen LogP contribution in [0.2, 0.25) is 0 Å². The molecule has 0 saturated carbocycles. The number of carbonyl (C=O) groups is 4. The van der Waals surface area contributed by atoms with E-state index in [1.165, 1.54) is 12.5 Å². The summed E-state index contributed by atoms with van der Waals surface area (Å²) in [5.41, 5.74) is 1.87. The zero-order chi connectivity index (χ0) is 27.8. The highest BCUT2D eigenvalue weighted by Gasteiger charge is 2.55. The molecular formula is C29H43N5O4. The standard InChI is InChI=1S/C29H43N5O4/c1-17(30-6)26(36)32-25(29(3,4)5)28(38)33-15-14-23-24(33)21(16-34(23)18(2)35)27(37)31-22-13-9-11-19-10-7-8-12-20(19)22/h7-8,10,12,17,21-25,30H,9,11,13-16H2,1-6H3,(H,31,37)(H,32,36). The van der Waals surface area contributed by atoms with Gasteiger partial charge < -0.3 is 25.8 Å². The van der Waals surface area contributed by atoms with Crippen molar-refractivity contribution in [3.63, 3.8) is 0 Å². The van der Waals surface area contributed by atoms with E-state index in [9.17, 15) is 19.2 Å². The van der Waals surface area contributed by atoms with Crippen LogP contribution in [0, 0.1) is 11.3 Å². The summed E-state index contributed by atoms with van der Waals surface area (Å²) in [4.78, 5) is 56.7. The third-order valence-corrected chi connectivity index (χ3v) is 8.56. The molecule has 1 aromatic carbocycles. The number of likely N-dealkylation sites (tertiary alicyclic amines) is 2. The zero-order valence-corrected chi connectivity index (χ0v) is 23.5. The maximum absolute atomic E-state index is 14.0. The molecule has 2 saturated heterocycles. The van der Waals surface area contributed by atoms with Crippen molar-refractivity contribution in [1.82, 2.24) is 25.8 Å². The molecule has 9 heteroatoms. The second-order valence-corrected chi connectivity index (χ2v) is 12.1. The highest BCUT2D eigenvalue weighted by molar-refractivity contribution is 5.91. The Labute approximate surface area is 226 Å². The molecule has 2 fully saturated rings. The lowest BCUT2D eigenvalue weighted by Crippen LogP contribution is -2.59. The van der Waals surface area contributed by atoms with Crippen molar-refractivity contribution in [3.05, 3.63) is 35.4 Å². The number of fused-ring (bicyclic) bond motifs is 2. The van der Waals surface area contributed by atoms with E-state index in [1.807, 2.05) is 32.9 Å². The Kier molecular flexibility index (Phi) is 8.16. The molecule has 2 aliphatic heterocycles. The Hall–Kier alpha value is -2.94. The quantitative estimate of drug-likeness (QED) is 0.524. The van der Waals surface area contributed by atoms with Crippen molar-refractivity contribution < 1.29 is 19.2 Å². The first-order valence-corrected chi connectivity index (χ1v) is 13.9. The van der Waals surface area contributed by atoms with Gasteiger partial charge in [0.2, 0.25) is 23.6 Å². The van der Waals surface area contributed by atoms with Crippen LogP contribution in [0.25, 0.3) is 0 Å². The summed E-state index contributed by atoms with van der Waals surface area (Å²) in [6.07, 6.45) is 3.48. The molecular weight excluding hydrogens is 482 g/mol. The molecule has 1 aromatic rings. The van der Waals surface area contributed by atoms with Crippen LogP contribution in [0.4, 0.5) is 0 Å². The van der Waals surface area contributed by atoms with Crippen molar-refractivity contribution in [2.24, 2.45) is 11.3 Å². The summed E-state index contributed by atoms with van der Waals surface area (Å²) < 4.78 is 0. The fourth-order valence-electron chi connectivity index (χ4n) is 6.33. The van der Waals surface area contributed by atoms with Gasteiger partial charge in [-0.1, -0.05) is 45.0 Å². The minimum Gasteiger partial charge on any atom is -0.349 e. The van der Waals surface area contributed by atoms with Crippen LogP contribution >= 0.6 is 0 Å². The number of amides is 4. The number of carbonyl (C=O) groups excluding carboxylic acids is 4. The second-order valence-electron chi connectivity index (χ2n) is 12.1. The molecule has 4 amide bonds. The molecule has 6 atom stereocenters. The van der Waals surface area contributed by atoms with Crippen LogP contribution in [0.1, 0.15) is 71.0 Å². The summed E-state index contributed by atoms with van der Waals surface area (Å²) in [6.45, 7) is 9.78. The monoisotopic (exact) mass is 525 g/mol. The number of nitrogens with zero attached hydrogens (tertiary/aromatic N) is 2. The molecule has 0 radical (unpaired) electrons. The van der Waals surface area contributed by atoms with Gasteiger partial charge in [0.1, 0.15) is 6.04 Å². The third kappa shape index (κ3) is 5.44. The van der Waals surface area contributed by atoms with E-state index in [0.717, 1.165) is 24.8 Å².